The number of rotatable bonds is 5. The van der Waals surface area contributed by atoms with Gasteiger partial charge in [-0.1, -0.05) is 24.3 Å². The summed E-state index contributed by atoms with van der Waals surface area (Å²) >= 11 is 0. The summed E-state index contributed by atoms with van der Waals surface area (Å²) < 4.78 is 49.6. The minimum atomic E-state index is -3.83. The molecule has 1 aliphatic rings. The van der Waals surface area contributed by atoms with Crippen molar-refractivity contribution in [3.63, 3.8) is 0 Å². The second-order valence-corrected chi connectivity index (χ2v) is 10.2. The fourth-order valence-corrected chi connectivity index (χ4v) is 5.26. The molecule has 1 aliphatic heterocycles. The molecule has 0 aliphatic carbocycles. The van der Waals surface area contributed by atoms with Crippen molar-refractivity contribution in [2.75, 3.05) is 26.2 Å². The molecule has 2 N–H and O–H groups in total. The van der Waals surface area contributed by atoms with Crippen molar-refractivity contribution in [3.05, 3.63) is 59.7 Å². The first kappa shape index (κ1) is 21.9. The van der Waals surface area contributed by atoms with Gasteiger partial charge in [-0.2, -0.15) is 9.57 Å². The van der Waals surface area contributed by atoms with Crippen LogP contribution in [0.5, 0.6) is 0 Å². The van der Waals surface area contributed by atoms with E-state index in [-0.39, 0.29) is 53.9 Å². The first-order valence-electron chi connectivity index (χ1n) is 9.02. The molecule has 0 aromatic heterocycles. The lowest BCUT2D eigenvalue weighted by Gasteiger charge is -2.34. The molecule has 0 atom stereocenters. The third-order valence-electron chi connectivity index (χ3n) is 4.82. The lowest BCUT2D eigenvalue weighted by atomic mass is 10.1. The maximum absolute atomic E-state index is 12.9. The van der Waals surface area contributed by atoms with E-state index in [9.17, 15) is 26.9 Å². The molecule has 2 aromatic carbocycles. The molecule has 3 rings (SSSR count). The molecule has 2 aromatic rings. The van der Waals surface area contributed by atoms with Crippen LogP contribution in [-0.2, 0) is 31.3 Å². The van der Waals surface area contributed by atoms with Crippen molar-refractivity contribution in [3.8, 4) is 6.07 Å². The number of hydrogen-bond donors (Lipinski definition) is 1. The number of benzene rings is 2. The fourth-order valence-electron chi connectivity index (χ4n) is 3.18. The fraction of sp³-hybridized carbons (Fsp3) is 0.263. The topological polar surface area (TPSA) is 142 Å². The standard InChI is InChI=1S/C19H20N4O5S2/c20-14-16-3-1-2-4-18(16)30(27,28)23-11-9-22(10-12-23)19(24)13-15-5-7-17(8-6-15)29(21,25)26/h1-8H,9-13H2,(H2,21,25,26). The molecule has 30 heavy (non-hydrogen) atoms. The zero-order valence-corrected chi connectivity index (χ0v) is 17.6. The van der Waals surface area contributed by atoms with Crippen LogP contribution < -0.4 is 5.14 Å². The Hall–Kier alpha value is -2.78. The first-order valence-corrected chi connectivity index (χ1v) is 12.0. The van der Waals surface area contributed by atoms with Gasteiger partial charge in [-0.25, -0.2) is 22.0 Å². The molecule has 0 spiro atoms. The summed E-state index contributed by atoms with van der Waals surface area (Å²) in [5.74, 6) is -0.187. The van der Waals surface area contributed by atoms with Crippen molar-refractivity contribution in [1.82, 2.24) is 9.21 Å². The maximum Gasteiger partial charge on any atom is 0.244 e. The predicted octanol–water partition coefficient (Wildman–Crippen LogP) is 0.281. The Morgan fingerprint density at radius 1 is 0.967 bits per heavy atom. The van der Waals surface area contributed by atoms with Gasteiger partial charge in [0.05, 0.1) is 21.8 Å². The van der Waals surface area contributed by atoms with E-state index in [2.05, 4.69) is 0 Å². The Morgan fingerprint density at radius 2 is 1.57 bits per heavy atom. The van der Waals surface area contributed by atoms with Crippen molar-refractivity contribution in [2.45, 2.75) is 16.2 Å². The van der Waals surface area contributed by atoms with Gasteiger partial charge in [0.15, 0.2) is 0 Å². The molecule has 11 heteroatoms. The third-order valence-corrected chi connectivity index (χ3v) is 7.71. The molecule has 1 amide bonds. The second kappa shape index (κ2) is 8.53. The average Bonchev–Trinajstić information content (AvgIpc) is 2.73. The summed E-state index contributed by atoms with van der Waals surface area (Å²) in [7, 11) is -7.62. The number of amides is 1. The first-order chi connectivity index (χ1) is 14.1. The maximum atomic E-state index is 12.9. The normalized spacial score (nSPS) is 15.5. The van der Waals surface area contributed by atoms with E-state index in [1.165, 1.54) is 40.7 Å². The van der Waals surface area contributed by atoms with E-state index < -0.39 is 20.0 Å². The van der Waals surface area contributed by atoms with Gasteiger partial charge >= 0.3 is 0 Å². The highest BCUT2D eigenvalue weighted by Gasteiger charge is 2.31. The highest BCUT2D eigenvalue weighted by atomic mass is 32.2. The smallest absolute Gasteiger partial charge is 0.244 e. The summed E-state index contributed by atoms with van der Waals surface area (Å²) in [6.45, 7) is 0.695. The molecule has 0 unspecified atom stereocenters. The van der Waals surface area contributed by atoms with Crippen LogP contribution in [0.15, 0.2) is 58.3 Å². The molecule has 1 heterocycles. The molecule has 9 nitrogen and oxygen atoms in total. The Balaban J connectivity index is 1.64. The number of nitriles is 1. The molecule has 1 saturated heterocycles. The van der Waals surface area contributed by atoms with Gasteiger partial charge in [0.1, 0.15) is 6.07 Å². The Kier molecular flexibility index (Phi) is 6.23. The van der Waals surface area contributed by atoms with E-state index in [4.69, 9.17) is 5.14 Å². The largest absolute Gasteiger partial charge is 0.340 e. The average molecular weight is 449 g/mol. The van der Waals surface area contributed by atoms with Crippen LogP contribution >= 0.6 is 0 Å². The van der Waals surface area contributed by atoms with Crippen LogP contribution in [0.1, 0.15) is 11.1 Å². The SMILES string of the molecule is N#Cc1ccccc1S(=O)(=O)N1CCN(C(=O)Cc2ccc(S(N)(=O)=O)cc2)CC1. The van der Waals surface area contributed by atoms with Crippen molar-refractivity contribution in [2.24, 2.45) is 5.14 Å². The van der Waals surface area contributed by atoms with Crippen molar-refractivity contribution >= 4 is 26.0 Å². The molecular weight excluding hydrogens is 428 g/mol. The van der Waals surface area contributed by atoms with E-state index in [1.54, 1.807) is 17.0 Å². The Bertz CT molecular complexity index is 1190. The van der Waals surface area contributed by atoms with E-state index >= 15 is 0 Å². The molecule has 0 saturated carbocycles. The van der Waals surface area contributed by atoms with E-state index in [0.29, 0.717) is 5.56 Å². The van der Waals surface area contributed by atoms with Gasteiger partial charge < -0.3 is 4.90 Å². The number of carbonyl (C=O) groups excluding carboxylic acids is 1. The number of nitrogens with two attached hydrogens (primary N) is 1. The number of sulfonamides is 2. The molecule has 0 radical (unpaired) electrons. The lowest BCUT2D eigenvalue weighted by Crippen LogP contribution is -2.50. The Labute approximate surface area is 175 Å². The van der Waals surface area contributed by atoms with Crippen LogP contribution in [0.2, 0.25) is 0 Å². The Morgan fingerprint density at radius 3 is 2.13 bits per heavy atom. The third kappa shape index (κ3) is 4.68. The van der Waals surface area contributed by atoms with E-state index in [0.717, 1.165) is 0 Å². The zero-order valence-electron chi connectivity index (χ0n) is 15.9. The van der Waals surface area contributed by atoms with Gasteiger partial charge in [0, 0.05) is 26.2 Å². The summed E-state index contributed by atoms with van der Waals surface area (Å²) in [6.07, 6.45) is 0.0644. The van der Waals surface area contributed by atoms with Gasteiger partial charge in [0.2, 0.25) is 26.0 Å². The van der Waals surface area contributed by atoms with Gasteiger partial charge in [-0.15, -0.1) is 0 Å². The van der Waals surface area contributed by atoms with Crippen LogP contribution in [0.25, 0.3) is 0 Å². The summed E-state index contributed by atoms with van der Waals surface area (Å²) in [5, 5.41) is 14.2. The van der Waals surface area contributed by atoms with Gasteiger partial charge in [-0.3, -0.25) is 4.79 Å². The van der Waals surface area contributed by atoms with Crippen LogP contribution in [-0.4, -0.2) is 58.1 Å². The number of hydrogen-bond acceptors (Lipinski definition) is 6. The second-order valence-electron chi connectivity index (χ2n) is 6.76. The lowest BCUT2D eigenvalue weighted by molar-refractivity contribution is -0.131. The zero-order chi connectivity index (χ0) is 21.9. The highest BCUT2D eigenvalue weighted by Crippen LogP contribution is 2.21. The van der Waals surface area contributed by atoms with Crippen LogP contribution in [0.4, 0.5) is 0 Å². The molecule has 158 valence electrons. The minimum absolute atomic E-state index is 0.0322. The molecular formula is C19H20N4O5S2. The summed E-state index contributed by atoms with van der Waals surface area (Å²) in [4.78, 5) is 14.0. The van der Waals surface area contributed by atoms with Crippen LogP contribution in [0, 0.1) is 11.3 Å². The predicted molar refractivity (Wildman–Crippen MR) is 108 cm³/mol. The molecule has 1 fully saturated rings. The van der Waals surface area contributed by atoms with Crippen LogP contribution in [0.3, 0.4) is 0 Å². The summed E-state index contributed by atoms with van der Waals surface area (Å²) in [5.41, 5.74) is 0.712. The molecule has 0 bridgehead atoms. The minimum Gasteiger partial charge on any atom is -0.340 e. The van der Waals surface area contributed by atoms with Crippen molar-refractivity contribution in [1.29, 1.82) is 5.26 Å². The van der Waals surface area contributed by atoms with E-state index in [1.807, 2.05) is 6.07 Å². The highest BCUT2D eigenvalue weighted by molar-refractivity contribution is 7.89. The number of primary sulfonamides is 1. The summed E-state index contributed by atoms with van der Waals surface area (Å²) in [6, 6.07) is 13.6. The quantitative estimate of drug-likeness (QED) is 0.696. The van der Waals surface area contributed by atoms with Gasteiger partial charge in [-0.05, 0) is 29.8 Å². The van der Waals surface area contributed by atoms with Gasteiger partial charge in [0.25, 0.3) is 0 Å². The number of carbonyl (C=O) groups is 1. The monoisotopic (exact) mass is 448 g/mol. The van der Waals surface area contributed by atoms with Crippen molar-refractivity contribution < 1.29 is 21.6 Å². The number of piperazine rings is 1. The number of nitrogens with zero attached hydrogens (tertiary/aromatic N) is 3.